The number of hydrogen-bond acceptors (Lipinski definition) is 12. The van der Waals surface area contributed by atoms with Gasteiger partial charge in [-0.1, -0.05) is 6.07 Å². The Morgan fingerprint density at radius 3 is 2.56 bits per heavy atom. The van der Waals surface area contributed by atoms with Crippen molar-refractivity contribution < 1.29 is 37.3 Å². The Balaban J connectivity index is 1.26. The van der Waals surface area contributed by atoms with Gasteiger partial charge in [-0.05, 0) is 51.0 Å². The van der Waals surface area contributed by atoms with Crippen LogP contribution in [0, 0.1) is 10.1 Å². The molecule has 230 valence electrons. The van der Waals surface area contributed by atoms with Gasteiger partial charge in [-0.2, -0.15) is 0 Å². The van der Waals surface area contributed by atoms with Crippen molar-refractivity contribution >= 4 is 50.7 Å². The summed E-state index contributed by atoms with van der Waals surface area (Å²) >= 11 is 0. The molecule has 0 spiro atoms. The van der Waals surface area contributed by atoms with Crippen molar-refractivity contribution in [2.24, 2.45) is 5.14 Å². The first kappa shape index (κ1) is 31.5. The summed E-state index contributed by atoms with van der Waals surface area (Å²) in [4.78, 5) is 61.2. The van der Waals surface area contributed by atoms with Gasteiger partial charge < -0.3 is 15.4 Å². The van der Waals surface area contributed by atoms with E-state index in [1.165, 1.54) is 18.2 Å². The highest BCUT2D eigenvalue weighted by Crippen LogP contribution is 2.33. The van der Waals surface area contributed by atoms with Crippen LogP contribution in [0.2, 0.25) is 0 Å². The molecule has 2 aliphatic rings. The van der Waals surface area contributed by atoms with Crippen molar-refractivity contribution in [3.8, 4) is 0 Å². The Labute approximate surface area is 246 Å². The van der Waals surface area contributed by atoms with E-state index in [0.29, 0.717) is 12.1 Å². The lowest BCUT2D eigenvalue weighted by molar-refractivity contribution is -0.384. The standard InChI is InChI=1S/C26H31N7O9S/c1-26(2,31-17-7-6-15(43(27,40)41)12-20(17)33(38)39)10-11-42-14-28-13-29-18-5-3-4-16-22(18)25(37)32(24(16)36)19-8-9-21(34)30-23(19)35/h3-7,12,19,28-29,31H,8-11,13-14H2,1-2H3,(H2,27,40,41)(H,30,34,35). The van der Waals surface area contributed by atoms with E-state index in [2.05, 4.69) is 21.3 Å². The highest BCUT2D eigenvalue weighted by Gasteiger charge is 2.45. The molecule has 0 radical (unpaired) electrons. The van der Waals surface area contributed by atoms with Crippen LogP contribution in [-0.2, 0) is 24.3 Å². The van der Waals surface area contributed by atoms with Crippen LogP contribution in [-0.4, -0.2) is 73.5 Å². The highest BCUT2D eigenvalue weighted by atomic mass is 32.2. The molecule has 43 heavy (non-hydrogen) atoms. The molecule has 2 aromatic rings. The van der Waals surface area contributed by atoms with Gasteiger partial charge in [-0.25, -0.2) is 13.6 Å². The van der Waals surface area contributed by atoms with E-state index in [1.807, 2.05) is 0 Å². The number of carbonyl (C=O) groups is 4. The summed E-state index contributed by atoms with van der Waals surface area (Å²) in [5.41, 5.74) is -0.286. The predicted molar refractivity (Wildman–Crippen MR) is 152 cm³/mol. The van der Waals surface area contributed by atoms with E-state index in [0.717, 1.165) is 11.0 Å². The molecule has 4 rings (SSSR count). The van der Waals surface area contributed by atoms with Gasteiger partial charge in [0.2, 0.25) is 21.8 Å². The molecule has 1 unspecified atom stereocenters. The first-order valence-corrected chi connectivity index (χ1v) is 14.7. The number of hydrogen-bond donors (Lipinski definition) is 5. The molecule has 2 aromatic carbocycles. The maximum absolute atomic E-state index is 13.2. The van der Waals surface area contributed by atoms with Gasteiger partial charge >= 0.3 is 0 Å². The van der Waals surface area contributed by atoms with E-state index >= 15 is 0 Å². The minimum atomic E-state index is -4.10. The number of anilines is 2. The van der Waals surface area contributed by atoms with Crippen LogP contribution in [0.3, 0.4) is 0 Å². The molecule has 4 amide bonds. The molecule has 1 fully saturated rings. The number of amides is 4. The van der Waals surface area contributed by atoms with Gasteiger partial charge in [0.15, 0.2) is 0 Å². The summed E-state index contributed by atoms with van der Waals surface area (Å²) in [5, 5.41) is 27.8. The molecule has 2 aliphatic heterocycles. The third kappa shape index (κ3) is 7.14. The number of primary sulfonamides is 1. The van der Waals surface area contributed by atoms with Crippen molar-refractivity contribution in [2.75, 3.05) is 30.6 Å². The molecule has 2 heterocycles. The summed E-state index contributed by atoms with van der Waals surface area (Å²) in [6.07, 6.45) is 0.515. The number of nitrogens with one attached hydrogen (secondary N) is 4. The summed E-state index contributed by atoms with van der Waals surface area (Å²) in [6.45, 7) is 4.13. The molecule has 0 saturated carbocycles. The lowest BCUT2D eigenvalue weighted by Crippen LogP contribution is -2.54. The second kappa shape index (κ2) is 12.4. The Morgan fingerprint density at radius 1 is 1.14 bits per heavy atom. The average Bonchev–Trinajstić information content (AvgIpc) is 3.17. The minimum Gasteiger partial charge on any atom is -0.375 e. The second-order valence-electron chi connectivity index (χ2n) is 10.6. The number of ether oxygens (including phenoxy) is 1. The Kier molecular flexibility index (Phi) is 9.09. The minimum absolute atomic E-state index is 0.0281. The van der Waals surface area contributed by atoms with Crippen molar-refractivity contribution in [2.45, 2.75) is 49.6 Å². The number of imide groups is 2. The Morgan fingerprint density at radius 2 is 1.88 bits per heavy atom. The number of fused-ring (bicyclic) bond motifs is 1. The maximum atomic E-state index is 13.2. The van der Waals surface area contributed by atoms with Crippen LogP contribution in [0.25, 0.3) is 0 Å². The van der Waals surface area contributed by atoms with Crippen LogP contribution in [0.4, 0.5) is 17.1 Å². The monoisotopic (exact) mass is 617 g/mol. The van der Waals surface area contributed by atoms with Crippen molar-refractivity contribution in [3.63, 3.8) is 0 Å². The molecule has 0 aliphatic carbocycles. The molecule has 0 aromatic heterocycles. The van der Waals surface area contributed by atoms with Crippen LogP contribution >= 0.6 is 0 Å². The van der Waals surface area contributed by atoms with E-state index in [1.54, 1.807) is 26.0 Å². The van der Waals surface area contributed by atoms with Crippen LogP contribution in [0.1, 0.15) is 53.8 Å². The summed E-state index contributed by atoms with van der Waals surface area (Å²) in [7, 11) is -4.10. The van der Waals surface area contributed by atoms with Crippen LogP contribution in [0.15, 0.2) is 41.3 Å². The second-order valence-corrected chi connectivity index (χ2v) is 12.1. The third-order valence-corrected chi connectivity index (χ3v) is 7.83. The van der Waals surface area contributed by atoms with Gasteiger partial charge in [0.05, 0.1) is 41.0 Å². The zero-order chi connectivity index (χ0) is 31.5. The predicted octanol–water partition coefficient (Wildman–Crippen LogP) is 0.857. The molecule has 1 saturated heterocycles. The van der Waals surface area contributed by atoms with Crippen molar-refractivity contribution in [3.05, 3.63) is 57.6 Å². The van der Waals surface area contributed by atoms with Gasteiger partial charge in [-0.3, -0.25) is 44.8 Å². The Bertz CT molecular complexity index is 1590. The average molecular weight is 618 g/mol. The molecule has 0 bridgehead atoms. The van der Waals surface area contributed by atoms with Gasteiger partial charge in [-0.15, -0.1) is 0 Å². The molecular weight excluding hydrogens is 586 g/mol. The number of piperidine rings is 1. The zero-order valence-corrected chi connectivity index (χ0v) is 24.2. The molecular formula is C26H31N7O9S. The summed E-state index contributed by atoms with van der Waals surface area (Å²) in [5.74, 6) is -2.36. The number of nitro groups is 1. The molecule has 1 atom stereocenters. The molecule has 17 heteroatoms. The van der Waals surface area contributed by atoms with E-state index in [-0.39, 0.29) is 54.6 Å². The van der Waals surface area contributed by atoms with Crippen LogP contribution < -0.4 is 26.4 Å². The SMILES string of the molecule is CC(C)(CCOCNCNc1cccc2c1C(=O)N(C1CCC(=O)NC1=O)C2=O)Nc1ccc(S(N)(=O)=O)cc1[N+](=O)[O-]. The number of nitro benzene ring substituents is 1. The van der Waals surface area contributed by atoms with Crippen molar-refractivity contribution in [1.29, 1.82) is 0 Å². The van der Waals surface area contributed by atoms with Crippen molar-refractivity contribution in [1.82, 2.24) is 15.5 Å². The number of carbonyl (C=O) groups excluding carboxylic acids is 4. The Hall–Kier alpha value is -4.45. The lowest BCUT2D eigenvalue weighted by Gasteiger charge is -2.27. The fraction of sp³-hybridized carbons (Fsp3) is 0.385. The normalized spacial score (nSPS) is 17.1. The highest BCUT2D eigenvalue weighted by molar-refractivity contribution is 7.89. The molecule has 16 nitrogen and oxygen atoms in total. The van der Waals surface area contributed by atoms with Gasteiger partial charge in [0, 0.05) is 23.7 Å². The lowest BCUT2D eigenvalue weighted by atomic mass is 10.0. The fourth-order valence-corrected chi connectivity index (χ4v) is 5.25. The number of nitrogens with two attached hydrogens (primary N) is 1. The smallest absolute Gasteiger partial charge is 0.293 e. The topological polar surface area (TPSA) is 232 Å². The number of rotatable bonds is 13. The fourth-order valence-electron chi connectivity index (χ4n) is 4.71. The van der Waals surface area contributed by atoms with E-state index in [9.17, 15) is 37.7 Å². The largest absolute Gasteiger partial charge is 0.375 e. The number of sulfonamides is 1. The number of benzene rings is 2. The van der Waals surface area contributed by atoms with Gasteiger partial charge in [0.1, 0.15) is 11.7 Å². The van der Waals surface area contributed by atoms with E-state index < -0.39 is 55.8 Å². The quantitative estimate of drug-likeness (QED) is 0.0692. The first-order chi connectivity index (χ1) is 20.2. The van der Waals surface area contributed by atoms with Crippen LogP contribution in [0.5, 0.6) is 0 Å². The summed E-state index contributed by atoms with van der Waals surface area (Å²) < 4.78 is 28.7. The third-order valence-electron chi connectivity index (χ3n) is 6.91. The zero-order valence-electron chi connectivity index (χ0n) is 23.3. The van der Waals surface area contributed by atoms with Gasteiger partial charge in [0.25, 0.3) is 17.5 Å². The molecule has 6 N–H and O–H groups in total. The summed E-state index contributed by atoms with van der Waals surface area (Å²) in [6, 6.07) is 7.06. The first-order valence-electron chi connectivity index (χ1n) is 13.2. The van der Waals surface area contributed by atoms with E-state index in [4.69, 9.17) is 9.88 Å². The maximum Gasteiger partial charge on any atom is 0.293 e. The number of nitrogens with zero attached hydrogens (tertiary/aromatic N) is 2.